The monoisotopic (exact) mass is 534 g/mol. The molecule has 0 aliphatic carbocycles. The van der Waals surface area contributed by atoms with Crippen LogP contribution in [0.15, 0.2) is 39.6 Å². The van der Waals surface area contributed by atoms with Crippen LogP contribution in [-0.4, -0.2) is 21.4 Å². The minimum Gasteiger partial charge on any atom is -0.472 e. The van der Waals surface area contributed by atoms with Crippen molar-refractivity contribution in [1.29, 1.82) is 0 Å². The molecule has 0 fully saturated rings. The quantitative estimate of drug-likeness (QED) is 0.480. The molecule has 0 bridgehead atoms. The van der Waals surface area contributed by atoms with Crippen molar-refractivity contribution in [2.24, 2.45) is 11.5 Å². The minimum atomic E-state index is -0.945. The highest BCUT2D eigenvalue weighted by molar-refractivity contribution is 9.10. The number of hydrogen-bond acceptors (Lipinski definition) is 5. The second-order valence-corrected chi connectivity index (χ2v) is 8.42. The van der Waals surface area contributed by atoms with Crippen LogP contribution in [0.4, 0.5) is 8.78 Å². The van der Waals surface area contributed by atoms with Gasteiger partial charge in [-0.25, -0.2) is 8.78 Å². The van der Waals surface area contributed by atoms with Crippen LogP contribution in [0.25, 0.3) is 5.69 Å². The molecule has 0 spiro atoms. The van der Waals surface area contributed by atoms with Crippen molar-refractivity contribution in [2.75, 3.05) is 0 Å². The molecule has 34 heavy (non-hydrogen) atoms. The van der Waals surface area contributed by atoms with Crippen molar-refractivity contribution in [3.05, 3.63) is 84.9 Å². The second-order valence-electron chi connectivity index (χ2n) is 7.62. The Hall–Kier alpha value is -3.60. The second kappa shape index (κ2) is 9.72. The number of carbonyl (C=O) groups excluding carboxylic acids is 2. The Balaban J connectivity index is 2.16. The zero-order valence-corrected chi connectivity index (χ0v) is 20.1. The number of ether oxygens (including phenoxy) is 1. The first-order chi connectivity index (χ1) is 15.9. The van der Waals surface area contributed by atoms with Crippen LogP contribution in [0.3, 0.4) is 0 Å². The van der Waals surface area contributed by atoms with E-state index in [2.05, 4.69) is 20.9 Å². The van der Waals surface area contributed by atoms with E-state index in [-0.39, 0.29) is 45.2 Å². The molecule has 0 radical (unpaired) electrons. The number of rotatable bonds is 7. The molecule has 0 aliphatic heterocycles. The fourth-order valence-corrected chi connectivity index (χ4v) is 3.92. The molecular weight excluding hydrogens is 514 g/mol. The molecule has 1 heterocycles. The van der Waals surface area contributed by atoms with E-state index in [9.17, 15) is 23.2 Å². The molecule has 2 aromatic carbocycles. The number of nitrogens with two attached hydrogens (primary N) is 2. The van der Waals surface area contributed by atoms with Crippen LogP contribution in [0.5, 0.6) is 5.88 Å². The van der Waals surface area contributed by atoms with Crippen molar-refractivity contribution in [1.82, 2.24) is 9.55 Å². The van der Waals surface area contributed by atoms with Crippen molar-refractivity contribution >= 4 is 27.7 Å². The van der Waals surface area contributed by atoms with Crippen LogP contribution in [-0.2, 0) is 11.4 Å². The maximum atomic E-state index is 13.9. The molecule has 178 valence electrons. The molecule has 3 rings (SSSR count). The van der Waals surface area contributed by atoms with Crippen molar-refractivity contribution in [2.45, 2.75) is 33.3 Å². The summed E-state index contributed by atoms with van der Waals surface area (Å²) in [6, 6.07) is 6.09. The predicted octanol–water partition coefficient (Wildman–Crippen LogP) is 3.16. The summed E-state index contributed by atoms with van der Waals surface area (Å²) in [5.41, 5.74) is 11.5. The summed E-state index contributed by atoms with van der Waals surface area (Å²) in [7, 11) is 0. The van der Waals surface area contributed by atoms with E-state index >= 15 is 0 Å². The van der Waals surface area contributed by atoms with Gasteiger partial charge in [0.2, 0.25) is 17.7 Å². The molecule has 4 N–H and O–H groups in total. The Labute approximate surface area is 201 Å². The average molecular weight is 535 g/mol. The normalized spacial score (nSPS) is 11.8. The molecule has 0 saturated carbocycles. The van der Waals surface area contributed by atoms with Gasteiger partial charge < -0.3 is 16.2 Å². The van der Waals surface area contributed by atoms with Crippen LogP contribution >= 0.6 is 15.9 Å². The average Bonchev–Trinajstić information content (AvgIpc) is 2.76. The van der Waals surface area contributed by atoms with Crippen molar-refractivity contribution < 1.29 is 23.1 Å². The van der Waals surface area contributed by atoms with Gasteiger partial charge in [0.15, 0.2) is 0 Å². The number of benzene rings is 2. The molecule has 1 atom stereocenters. The number of nitrogens with zero attached hydrogens (tertiary/aromatic N) is 2. The lowest BCUT2D eigenvalue weighted by Crippen LogP contribution is -2.30. The number of primary amides is 2. The van der Waals surface area contributed by atoms with Crippen LogP contribution in [0.2, 0.25) is 0 Å². The van der Waals surface area contributed by atoms with Gasteiger partial charge in [-0.15, -0.1) is 0 Å². The van der Waals surface area contributed by atoms with Gasteiger partial charge in [0.25, 0.3) is 5.56 Å². The van der Waals surface area contributed by atoms with E-state index in [0.717, 1.165) is 12.1 Å². The van der Waals surface area contributed by atoms with Crippen molar-refractivity contribution in [3.8, 4) is 11.6 Å². The fraction of sp³-hybridized carbons (Fsp3) is 0.217. The summed E-state index contributed by atoms with van der Waals surface area (Å²) >= 11 is 3.17. The van der Waals surface area contributed by atoms with Crippen LogP contribution in [0, 0.1) is 25.5 Å². The maximum absolute atomic E-state index is 13.9. The van der Waals surface area contributed by atoms with E-state index in [1.807, 2.05) is 0 Å². The van der Waals surface area contributed by atoms with Gasteiger partial charge in [0, 0.05) is 22.8 Å². The third kappa shape index (κ3) is 4.69. The van der Waals surface area contributed by atoms with E-state index in [0.29, 0.717) is 5.56 Å². The highest BCUT2D eigenvalue weighted by Gasteiger charge is 2.27. The van der Waals surface area contributed by atoms with Crippen LogP contribution in [0.1, 0.15) is 45.7 Å². The lowest BCUT2D eigenvalue weighted by molar-refractivity contribution is -0.119. The van der Waals surface area contributed by atoms with Crippen molar-refractivity contribution in [3.63, 3.8) is 0 Å². The molecule has 1 aromatic heterocycles. The van der Waals surface area contributed by atoms with Gasteiger partial charge in [-0.1, -0.05) is 6.07 Å². The highest BCUT2D eigenvalue weighted by atomic mass is 79.9. The topological polar surface area (TPSA) is 130 Å². The Kier molecular flexibility index (Phi) is 7.15. The third-order valence-corrected chi connectivity index (χ3v) is 5.99. The summed E-state index contributed by atoms with van der Waals surface area (Å²) in [6.07, 6.45) is 0. The SMILES string of the molecule is Cc1ccc(C(N)=O)c([C@H](C)C(N)=O)c1-n1c(C)nc(OCc2ccc(F)cc2F)c(Br)c1=O. The van der Waals surface area contributed by atoms with Gasteiger partial charge >= 0.3 is 0 Å². The van der Waals surface area contributed by atoms with Gasteiger partial charge in [-0.05, 0) is 60.5 Å². The van der Waals surface area contributed by atoms with Gasteiger partial charge in [0.05, 0.1) is 11.6 Å². The lowest BCUT2D eigenvalue weighted by atomic mass is 9.90. The number of amides is 2. The summed E-state index contributed by atoms with van der Waals surface area (Å²) in [5, 5.41) is 0. The third-order valence-electron chi connectivity index (χ3n) is 5.31. The molecule has 2 amide bonds. The molecule has 11 heteroatoms. The first-order valence-electron chi connectivity index (χ1n) is 10.0. The number of halogens is 3. The van der Waals surface area contributed by atoms with E-state index in [4.69, 9.17) is 16.2 Å². The van der Waals surface area contributed by atoms with Gasteiger partial charge in [0.1, 0.15) is 28.5 Å². The van der Waals surface area contributed by atoms with E-state index in [1.54, 1.807) is 13.0 Å². The first-order valence-corrected chi connectivity index (χ1v) is 10.8. The van der Waals surface area contributed by atoms with Gasteiger partial charge in [-0.2, -0.15) is 4.98 Å². The molecule has 0 saturated heterocycles. The Bertz CT molecular complexity index is 1370. The zero-order valence-electron chi connectivity index (χ0n) is 18.5. The molecule has 0 unspecified atom stereocenters. The smallest absolute Gasteiger partial charge is 0.276 e. The standard InChI is InChI=1S/C23H21BrF2N4O4/c1-10-4-7-15(21(28)32)17(11(2)20(27)31)19(10)30-12(3)29-22(18(24)23(30)33)34-9-13-5-6-14(25)8-16(13)26/h4-8,11H,9H2,1-3H3,(H2,27,31)(H2,28,32)/t11-/m0/s1. The molecule has 3 aromatic rings. The summed E-state index contributed by atoms with van der Waals surface area (Å²) in [6.45, 7) is 4.42. The number of hydrogen-bond donors (Lipinski definition) is 2. The summed E-state index contributed by atoms with van der Waals surface area (Å²) in [4.78, 5) is 41.7. The first kappa shape index (κ1) is 25.0. The zero-order chi connectivity index (χ0) is 25.3. The Morgan fingerprint density at radius 1 is 1.18 bits per heavy atom. The minimum absolute atomic E-state index is 0.0430. The maximum Gasteiger partial charge on any atom is 0.276 e. The number of aryl methyl sites for hydroxylation is 2. The molecular formula is C23H21BrF2N4O4. The Morgan fingerprint density at radius 2 is 1.85 bits per heavy atom. The number of carbonyl (C=O) groups is 2. The van der Waals surface area contributed by atoms with E-state index < -0.39 is 34.9 Å². The van der Waals surface area contributed by atoms with Gasteiger partial charge in [-0.3, -0.25) is 19.0 Å². The Morgan fingerprint density at radius 3 is 2.44 bits per heavy atom. The number of aromatic nitrogens is 2. The highest BCUT2D eigenvalue weighted by Crippen LogP contribution is 2.31. The molecule has 8 nitrogen and oxygen atoms in total. The summed E-state index contributed by atoms with van der Waals surface area (Å²) < 4.78 is 33.7. The molecule has 0 aliphatic rings. The predicted molar refractivity (Wildman–Crippen MR) is 124 cm³/mol. The largest absolute Gasteiger partial charge is 0.472 e. The lowest BCUT2D eigenvalue weighted by Gasteiger charge is -2.22. The summed E-state index contributed by atoms with van der Waals surface area (Å²) in [5.74, 6) is -3.93. The fourth-order valence-electron chi connectivity index (χ4n) is 3.54. The van der Waals surface area contributed by atoms with Crippen LogP contribution < -0.4 is 21.8 Å². The van der Waals surface area contributed by atoms with E-state index in [1.165, 1.54) is 30.5 Å².